The standard InChI is InChI=1S/Cu.H2O4S.7H2O/c;1-5(2,3)4;;;;;;;/h;(H2,1,2,3,4);7*1H2/q+1;;;;;;;;/p-2. The van der Waals surface area contributed by atoms with Gasteiger partial charge in [-0.2, -0.15) is 0 Å². The molecule has 0 saturated carbocycles. The summed E-state index contributed by atoms with van der Waals surface area (Å²) in [5.41, 5.74) is 0. The van der Waals surface area contributed by atoms with Gasteiger partial charge >= 0.3 is 17.1 Å². The van der Waals surface area contributed by atoms with Crippen molar-refractivity contribution in [3.63, 3.8) is 0 Å². The Balaban J connectivity index is -0.00000000286. The van der Waals surface area contributed by atoms with Gasteiger partial charge in [0.25, 0.3) is 0 Å². The van der Waals surface area contributed by atoms with Gasteiger partial charge in [0.1, 0.15) is 0 Å². The molecule has 0 spiro atoms. The van der Waals surface area contributed by atoms with E-state index in [0.29, 0.717) is 0 Å². The second-order valence-electron chi connectivity index (χ2n) is 0.408. The van der Waals surface area contributed by atoms with Crippen LogP contribution in [0.4, 0.5) is 0 Å². The minimum absolute atomic E-state index is 0. The van der Waals surface area contributed by atoms with Gasteiger partial charge in [-0.05, 0) is 0 Å². The van der Waals surface area contributed by atoms with Gasteiger partial charge in [-0.1, -0.05) is 0 Å². The van der Waals surface area contributed by atoms with Crippen molar-refractivity contribution in [2.24, 2.45) is 0 Å². The van der Waals surface area contributed by atoms with Crippen molar-refractivity contribution in [2.45, 2.75) is 0 Å². The molecule has 0 unspecified atom stereocenters. The molecule has 0 aromatic carbocycles. The topological polar surface area (TPSA) is 301 Å². The van der Waals surface area contributed by atoms with Gasteiger partial charge in [0.05, 0.1) is 0 Å². The van der Waals surface area contributed by atoms with E-state index in [1.165, 1.54) is 0 Å². The zero-order valence-corrected chi connectivity index (χ0v) is 7.60. The van der Waals surface area contributed by atoms with Crippen molar-refractivity contribution in [2.75, 3.05) is 0 Å². The zero-order chi connectivity index (χ0) is 4.50. The Labute approximate surface area is 84.0 Å². The van der Waals surface area contributed by atoms with Crippen LogP contribution in [0.15, 0.2) is 0 Å². The fourth-order valence-corrected chi connectivity index (χ4v) is 0. The largest absolute Gasteiger partial charge is 1.00 e. The van der Waals surface area contributed by atoms with Crippen molar-refractivity contribution in [1.82, 2.24) is 0 Å². The minimum atomic E-state index is -5.17. The van der Waals surface area contributed by atoms with Gasteiger partial charge in [-0.3, -0.25) is 8.42 Å². The monoisotopic (exact) mass is 285 g/mol. The van der Waals surface area contributed by atoms with Gasteiger partial charge < -0.3 is 47.4 Å². The normalized spacial score (nSPS) is 4.46. The van der Waals surface area contributed by atoms with Gasteiger partial charge in [-0.25, -0.2) is 0 Å². The smallest absolute Gasteiger partial charge is 0.759 e. The Hall–Kier alpha value is 0.109. The quantitative estimate of drug-likeness (QED) is 0.237. The molecule has 0 aliphatic rings. The van der Waals surface area contributed by atoms with Crippen LogP contribution in [-0.4, -0.2) is 55.9 Å². The molecule has 0 fully saturated rings. The summed E-state index contributed by atoms with van der Waals surface area (Å²) in [6, 6.07) is 0. The number of hydrogen-bond donors (Lipinski definition) is 0. The predicted octanol–water partition coefficient (Wildman–Crippen LogP) is -7.11. The molecule has 0 amide bonds. The van der Waals surface area contributed by atoms with Crippen LogP contribution in [0.25, 0.3) is 0 Å². The van der Waals surface area contributed by atoms with Gasteiger partial charge in [0, 0.05) is 10.4 Å². The minimum Gasteiger partial charge on any atom is -0.759 e. The first-order valence-electron chi connectivity index (χ1n) is 0.667. The van der Waals surface area contributed by atoms with Crippen LogP contribution >= 0.6 is 0 Å². The fraction of sp³-hybridized carbons (Fsp3) is 0. The van der Waals surface area contributed by atoms with Crippen LogP contribution in [-0.2, 0) is 27.5 Å². The second-order valence-corrected chi connectivity index (χ2v) is 1.22. The van der Waals surface area contributed by atoms with Gasteiger partial charge in [-0.15, -0.1) is 0 Å². The molecule has 0 heterocycles. The van der Waals surface area contributed by atoms with Crippen molar-refractivity contribution < 1.29 is 72.9 Å². The van der Waals surface area contributed by atoms with E-state index >= 15 is 0 Å². The molecular formula is H14CuO11S-. The zero-order valence-electron chi connectivity index (χ0n) is 5.84. The first-order chi connectivity index (χ1) is 2.00. The Kier molecular flexibility index (Phi) is 351. The van der Waals surface area contributed by atoms with E-state index in [1.54, 1.807) is 0 Å². The Morgan fingerprint density at radius 1 is 0.615 bits per heavy atom. The summed E-state index contributed by atoms with van der Waals surface area (Å²) in [6.07, 6.45) is 0. The van der Waals surface area contributed by atoms with Crippen molar-refractivity contribution in [3.8, 4) is 0 Å². The van der Waals surface area contributed by atoms with E-state index in [9.17, 15) is 0 Å². The first kappa shape index (κ1) is 114. The summed E-state index contributed by atoms with van der Waals surface area (Å²) >= 11 is 0. The molecule has 0 rings (SSSR count). The maximum absolute atomic E-state index is 8.52. The summed E-state index contributed by atoms with van der Waals surface area (Å²) in [7, 11) is -5.17. The molecule has 11 nitrogen and oxygen atoms in total. The SMILES string of the molecule is O.O.O.O.O.O.O.O=S(=O)([O-])[O-].[Cu+]. The first-order valence-corrected chi connectivity index (χ1v) is 2.00. The Morgan fingerprint density at radius 3 is 0.615 bits per heavy atom. The number of rotatable bonds is 0. The Morgan fingerprint density at radius 2 is 0.615 bits per heavy atom. The van der Waals surface area contributed by atoms with Crippen molar-refractivity contribution in [3.05, 3.63) is 0 Å². The predicted molar refractivity (Wildman–Crippen MR) is 35.8 cm³/mol. The van der Waals surface area contributed by atoms with Crippen LogP contribution in [0.1, 0.15) is 0 Å². The van der Waals surface area contributed by atoms with Crippen molar-refractivity contribution >= 4 is 10.4 Å². The average molecular weight is 286 g/mol. The van der Waals surface area contributed by atoms with E-state index in [0.717, 1.165) is 0 Å². The van der Waals surface area contributed by atoms with Crippen LogP contribution in [0, 0.1) is 0 Å². The maximum atomic E-state index is 8.52. The van der Waals surface area contributed by atoms with Crippen LogP contribution in [0.3, 0.4) is 0 Å². The molecule has 13 heavy (non-hydrogen) atoms. The molecule has 0 aliphatic heterocycles. The average Bonchev–Trinajstić information content (AvgIpc) is 0.722. The molecular weight excluding hydrogens is 272 g/mol. The third-order valence-electron chi connectivity index (χ3n) is 0. The molecule has 0 aromatic heterocycles. The summed E-state index contributed by atoms with van der Waals surface area (Å²) < 4.78 is 34.1. The van der Waals surface area contributed by atoms with Crippen LogP contribution in [0.2, 0.25) is 0 Å². The molecule has 98 valence electrons. The molecule has 14 N–H and O–H groups in total. The van der Waals surface area contributed by atoms with E-state index in [4.69, 9.17) is 17.5 Å². The number of hydrogen-bond acceptors (Lipinski definition) is 4. The fourth-order valence-electron chi connectivity index (χ4n) is 0. The third-order valence-corrected chi connectivity index (χ3v) is 0. The maximum Gasteiger partial charge on any atom is 1.00 e. The third kappa shape index (κ3) is 103000. The Bertz CT molecular complexity index is 93.3. The van der Waals surface area contributed by atoms with Crippen LogP contribution in [0.5, 0.6) is 0 Å². The molecule has 0 aromatic rings. The molecule has 0 atom stereocenters. The molecule has 0 radical (unpaired) electrons. The van der Waals surface area contributed by atoms with Gasteiger partial charge in [0.2, 0.25) is 0 Å². The van der Waals surface area contributed by atoms with E-state index in [2.05, 4.69) is 0 Å². The van der Waals surface area contributed by atoms with E-state index in [-0.39, 0.29) is 55.4 Å². The molecule has 0 aliphatic carbocycles. The summed E-state index contributed by atoms with van der Waals surface area (Å²) in [4.78, 5) is 0. The molecule has 0 bridgehead atoms. The summed E-state index contributed by atoms with van der Waals surface area (Å²) in [5.74, 6) is 0. The van der Waals surface area contributed by atoms with Crippen molar-refractivity contribution in [1.29, 1.82) is 0 Å². The second kappa shape index (κ2) is 40.0. The summed E-state index contributed by atoms with van der Waals surface area (Å²) in [5, 5.41) is 0. The molecule has 13 heteroatoms. The molecule has 0 saturated heterocycles. The van der Waals surface area contributed by atoms with Gasteiger partial charge in [0.15, 0.2) is 0 Å². The van der Waals surface area contributed by atoms with E-state index in [1.807, 2.05) is 0 Å². The van der Waals surface area contributed by atoms with E-state index < -0.39 is 10.4 Å². The summed E-state index contributed by atoms with van der Waals surface area (Å²) in [6.45, 7) is 0. The van der Waals surface area contributed by atoms with Crippen LogP contribution < -0.4 is 0 Å².